The van der Waals surface area contributed by atoms with Crippen LogP contribution in [0.15, 0.2) is 29.6 Å². The monoisotopic (exact) mass is 244 g/mol. The van der Waals surface area contributed by atoms with Gasteiger partial charge in [0.15, 0.2) is 5.82 Å². The van der Waals surface area contributed by atoms with Gasteiger partial charge in [-0.25, -0.2) is 4.98 Å². The van der Waals surface area contributed by atoms with Gasteiger partial charge in [0, 0.05) is 10.8 Å². The van der Waals surface area contributed by atoms with Crippen LogP contribution in [0, 0.1) is 6.92 Å². The van der Waals surface area contributed by atoms with Gasteiger partial charge in [-0.2, -0.15) is 5.10 Å². The number of nitrogen functional groups attached to an aromatic ring is 1. The molecule has 5 heteroatoms. The Labute approximate surface area is 103 Å². The molecule has 0 amide bonds. The Morgan fingerprint density at radius 2 is 2.18 bits per heavy atom. The smallest absolute Gasteiger partial charge is 0.153 e. The van der Waals surface area contributed by atoms with Crippen LogP contribution in [0.4, 0.5) is 5.82 Å². The number of aryl methyl sites for hydroxylation is 1. The summed E-state index contributed by atoms with van der Waals surface area (Å²) in [7, 11) is 0. The molecule has 2 heterocycles. The van der Waals surface area contributed by atoms with E-state index in [1.165, 1.54) is 0 Å². The van der Waals surface area contributed by atoms with E-state index in [2.05, 4.69) is 15.5 Å². The standard InChI is InChI=1S/C12H12N4S/c1-8-14-9(7-17-8)6-16-11-5-3-2-4-10(11)12(13)15-16/h2-5,7H,6H2,1H3,(H2,13,15). The van der Waals surface area contributed by atoms with Crippen molar-refractivity contribution in [1.29, 1.82) is 0 Å². The molecule has 0 radical (unpaired) electrons. The van der Waals surface area contributed by atoms with Crippen molar-refractivity contribution in [2.24, 2.45) is 0 Å². The van der Waals surface area contributed by atoms with Gasteiger partial charge in [-0.05, 0) is 19.1 Å². The fraction of sp³-hybridized carbons (Fsp3) is 0.167. The highest BCUT2D eigenvalue weighted by atomic mass is 32.1. The number of benzene rings is 1. The summed E-state index contributed by atoms with van der Waals surface area (Å²) in [4.78, 5) is 4.44. The first kappa shape index (κ1) is 10.3. The van der Waals surface area contributed by atoms with Crippen LogP contribution in [0.1, 0.15) is 10.7 Å². The third-order valence-electron chi connectivity index (χ3n) is 2.66. The third kappa shape index (κ3) is 1.78. The molecule has 2 N–H and O–H groups in total. The van der Waals surface area contributed by atoms with Crippen LogP contribution in [0.3, 0.4) is 0 Å². The summed E-state index contributed by atoms with van der Waals surface area (Å²) in [5.41, 5.74) is 7.97. The lowest BCUT2D eigenvalue weighted by atomic mass is 10.2. The number of nitrogens with two attached hydrogens (primary N) is 1. The lowest BCUT2D eigenvalue weighted by Crippen LogP contribution is -2.02. The van der Waals surface area contributed by atoms with Gasteiger partial charge in [0.1, 0.15) is 0 Å². The summed E-state index contributed by atoms with van der Waals surface area (Å²) >= 11 is 1.65. The SMILES string of the molecule is Cc1nc(Cn2nc(N)c3ccccc32)cs1. The van der Waals surface area contributed by atoms with E-state index in [9.17, 15) is 0 Å². The van der Waals surface area contributed by atoms with Crippen LogP contribution in [-0.4, -0.2) is 14.8 Å². The van der Waals surface area contributed by atoms with Crippen molar-refractivity contribution >= 4 is 28.1 Å². The Morgan fingerprint density at radius 1 is 1.35 bits per heavy atom. The molecule has 0 atom stereocenters. The average Bonchev–Trinajstić information content (AvgIpc) is 2.86. The summed E-state index contributed by atoms with van der Waals surface area (Å²) in [6.07, 6.45) is 0. The highest BCUT2D eigenvalue weighted by Gasteiger charge is 2.08. The van der Waals surface area contributed by atoms with E-state index in [0.29, 0.717) is 12.4 Å². The number of anilines is 1. The quantitative estimate of drug-likeness (QED) is 0.753. The van der Waals surface area contributed by atoms with Crippen molar-refractivity contribution < 1.29 is 0 Å². The molecule has 0 saturated carbocycles. The first-order chi connectivity index (χ1) is 8.24. The van der Waals surface area contributed by atoms with Gasteiger partial charge in [-0.1, -0.05) is 12.1 Å². The Bertz CT molecular complexity index is 668. The minimum atomic E-state index is 0.576. The van der Waals surface area contributed by atoms with Crippen molar-refractivity contribution in [1.82, 2.24) is 14.8 Å². The Kier molecular flexibility index (Phi) is 2.33. The molecule has 0 aliphatic carbocycles. The molecule has 17 heavy (non-hydrogen) atoms. The third-order valence-corrected chi connectivity index (χ3v) is 3.49. The topological polar surface area (TPSA) is 56.7 Å². The van der Waals surface area contributed by atoms with Gasteiger partial charge in [-0.3, -0.25) is 4.68 Å². The zero-order valence-corrected chi connectivity index (χ0v) is 10.2. The van der Waals surface area contributed by atoms with Crippen molar-refractivity contribution in [3.05, 3.63) is 40.3 Å². The average molecular weight is 244 g/mol. The van der Waals surface area contributed by atoms with Gasteiger partial charge < -0.3 is 5.73 Å². The van der Waals surface area contributed by atoms with Crippen molar-refractivity contribution in [3.8, 4) is 0 Å². The lowest BCUT2D eigenvalue weighted by Gasteiger charge is -1.99. The molecule has 4 nitrogen and oxygen atoms in total. The minimum Gasteiger partial charge on any atom is -0.382 e. The molecule has 3 rings (SSSR count). The number of hydrogen-bond acceptors (Lipinski definition) is 4. The first-order valence-electron chi connectivity index (χ1n) is 5.36. The molecule has 0 aliphatic rings. The van der Waals surface area contributed by atoms with Gasteiger partial charge in [-0.15, -0.1) is 11.3 Å². The second-order valence-corrected chi connectivity index (χ2v) is 4.98. The van der Waals surface area contributed by atoms with Crippen LogP contribution < -0.4 is 5.73 Å². The fourth-order valence-electron chi connectivity index (χ4n) is 1.91. The van der Waals surface area contributed by atoms with E-state index in [1.54, 1.807) is 11.3 Å². The molecule has 0 aliphatic heterocycles. The van der Waals surface area contributed by atoms with E-state index >= 15 is 0 Å². The maximum atomic E-state index is 5.89. The molecule has 0 saturated heterocycles. The van der Waals surface area contributed by atoms with E-state index < -0.39 is 0 Å². The van der Waals surface area contributed by atoms with Crippen molar-refractivity contribution in [2.75, 3.05) is 5.73 Å². The Hall–Kier alpha value is -1.88. The molecule has 0 spiro atoms. The van der Waals surface area contributed by atoms with Crippen LogP contribution in [0.25, 0.3) is 10.9 Å². The zero-order valence-electron chi connectivity index (χ0n) is 9.42. The minimum absolute atomic E-state index is 0.576. The van der Waals surface area contributed by atoms with Gasteiger partial charge >= 0.3 is 0 Å². The van der Waals surface area contributed by atoms with Gasteiger partial charge in [0.2, 0.25) is 0 Å². The highest BCUT2D eigenvalue weighted by Crippen LogP contribution is 2.21. The molecular weight excluding hydrogens is 232 g/mol. The maximum absolute atomic E-state index is 5.89. The first-order valence-corrected chi connectivity index (χ1v) is 6.24. The Morgan fingerprint density at radius 3 is 2.94 bits per heavy atom. The molecule has 0 bridgehead atoms. The largest absolute Gasteiger partial charge is 0.382 e. The fourth-order valence-corrected chi connectivity index (χ4v) is 2.51. The number of nitrogens with zero attached hydrogens (tertiary/aromatic N) is 3. The van der Waals surface area contributed by atoms with Gasteiger partial charge in [0.05, 0.1) is 22.8 Å². The molecule has 0 unspecified atom stereocenters. The van der Waals surface area contributed by atoms with Crippen molar-refractivity contribution in [2.45, 2.75) is 13.5 Å². The molecule has 86 valence electrons. The number of para-hydroxylation sites is 1. The second kappa shape index (κ2) is 3.85. The van der Waals surface area contributed by atoms with E-state index in [0.717, 1.165) is 21.6 Å². The predicted molar refractivity (Wildman–Crippen MR) is 70.1 cm³/mol. The van der Waals surface area contributed by atoms with Crippen LogP contribution in [0.2, 0.25) is 0 Å². The van der Waals surface area contributed by atoms with E-state index in [1.807, 2.05) is 35.9 Å². The van der Waals surface area contributed by atoms with Crippen LogP contribution in [-0.2, 0) is 6.54 Å². The van der Waals surface area contributed by atoms with E-state index in [4.69, 9.17) is 5.73 Å². The van der Waals surface area contributed by atoms with Crippen molar-refractivity contribution in [3.63, 3.8) is 0 Å². The Balaban J connectivity index is 2.06. The van der Waals surface area contributed by atoms with Crippen LogP contribution in [0.5, 0.6) is 0 Å². The van der Waals surface area contributed by atoms with Crippen LogP contribution >= 0.6 is 11.3 Å². The summed E-state index contributed by atoms with van der Waals surface area (Å²) in [6, 6.07) is 7.97. The lowest BCUT2D eigenvalue weighted by molar-refractivity contribution is 0.702. The molecule has 1 aromatic carbocycles. The number of rotatable bonds is 2. The number of hydrogen-bond donors (Lipinski definition) is 1. The molecular formula is C12H12N4S. The van der Waals surface area contributed by atoms with E-state index in [-0.39, 0.29) is 0 Å². The summed E-state index contributed by atoms with van der Waals surface area (Å²) in [5.74, 6) is 0.576. The number of aromatic nitrogens is 3. The molecule has 3 aromatic rings. The number of thiazole rings is 1. The maximum Gasteiger partial charge on any atom is 0.153 e. The summed E-state index contributed by atoms with van der Waals surface area (Å²) < 4.78 is 1.90. The summed E-state index contributed by atoms with van der Waals surface area (Å²) in [5, 5.41) is 8.48. The molecule has 0 fully saturated rings. The highest BCUT2D eigenvalue weighted by molar-refractivity contribution is 7.09. The normalized spacial score (nSPS) is 11.1. The number of fused-ring (bicyclic) bond motifs is 1. The summed E-state index contributed by atoms with van der Waals surface area (Å²) in [6.45, 7) is 2.67. The predicted octanol–water partition coefficient (Wildman–Crippen LogP) is 2.43. The zero-order chi connectivity index (χ0) is 11.8. The molecule has 2 aromatic heterocycles. The second-order valence-electron chi connectivity index (χ2n) is 3.92. The van der Waals surface area contributed by atoms with Gasteiger partial charge in [0.25, 0.3) is 0 Å².